The summed E-state index contributed by atoms with van der Waals surface area (Å²) in [4.78, 5) is 30.2. The summed E-state index contributed by atoms with van der Waals surface area (Å²) in [6.45, 7) is 0. The molecule has 1 aliphatic rings. The first kappa shape index (κ1) is 31.7. The number of ether oxygens (including phenoxy) is 1. The first-order valence-electron chi connectivity index (χ1n) is 13.7. The van der Waals surface area contributed by atoms with Crippen molar-refractivity contribution in [2.45, 2.75) is 37.5 Å². The van der Waals surface area contributed by atoms with E-state index < -0.39 is 58.9 Å². The van der Waals surface area contributed by atoms with Crippen LogP contribution in [0, 0.1) is 28.9 Å². The van der Waals surface area contributed by atoms with Crippen molar-refractivity contribution in [2.75, 3.05) is 12.4 Å². The quantitative estimate of drug-likeness (QED) is 0.151. The van der Waals surface area contributed by atoms with Gasteiger partial charge >= 0.3 is 12.1 Å². The van der Waals surface area contributed by atoms with Crippen LogP contribution in [0.3, 0.4) is 0 Å². The monoisotopic (exact) mass is 642 g/mol. The summed E-state index contributed by atoms with van der Waals surface area (Å²) in [5, 5.41) is 14.5. The maximum atomic E-state index is 15.0. The molecular weight excluding hydrogens is 619 g/mol. The normalized spacial score (nSPS) is 14.4. The van der Waals surface area contributed by atoms with E-state index in [0.717, 1.165) is 7.11 Å². The van der Waals surface area contributed by atoms with Crippen molar-refractivity contribution in [2.24, 2.45) is 5.92 Å². The number of halogens is 6. The molecule has 1 unspecified atom stereocenters. The lowest BCUT2D eigenvalue weighted by atomic mass is 9.94. The smallest absolute Gasteiger partial charge is 0.408 e. The van der Waals surface area contributed by atoms with Crippen molar-refractivity contribution >= 4 is 40.1 Å². The number of carbonyl (C=O) groups is 2. The van der Waals surface area contributed by atoms with Crippen LogP contribution in [0.15, 0.2) is 60.8 Å². The van der Waals surface area contributed by atoms with E-state index >= 15 is 8.78 Å². The van der Waals surface area contributed by atoms with Crippen LogP contribution in [0.5, 0.6) is 0 Å². The molecule has 0 bridgehead atoms. The molecule has 1 fully saturated rings. The van der Waals surface area contributed by atoms with Crippen molar-refractivity contribution in [1.82, 2.24) is 10.3 Å². The van der Waals surface area contributed by atoms with Gasteiger partial charge in [0.15, 0.2) is 0 Å². The van der Waals surface area contributed by atoms with Gasteiger partial charge in [0, 0.05) is 39.8 Å². The van der Waals surface area contributed by atoms with E-state index in [1.807, 2.05) is 6.07 Å². The Bertz CT molecular complexity index is 1820. The molecule has 0 radical (unpaired) electrons. The average molecular weight is 643 g/mol. The number of anilines is 1. The highest BCUT2D eigenvalue weighted by Crippen LogP contribution is 2.42. The number of rotatable bonds is 9. The van der Waals surface area contributed by atoms with Crippen molar-refractivity contribution in [3.63, 3.8) is 0 Å². The average Bonchev–Trinajstić information content (AvgIpc) is 3.84. The molecule has 1 aromatic heterocycles. The molecule has 2 N–H and O–H groups in total. The number of nitriles is 1. The largest absolute Gasteiger partial charge is 0.467 e. The molecule has 45 heavy (non-hydrogen) atoms. The number of amides is 1. The number of aromatic nitrogens is 1. The van der Waals surface area contributed by atoms with Crippen molar-refractivity contribution in [3.05, 3.63) is 94.1 Å². The van der Waals surface area contributed by atoms with Crippen LogP contribution in [0.2, 0.25) is 5.02 Å². The van der Waals surface area contributed by atoms with Crippen LogP contribution in [0.1, 0.15) is 34.3 Å². The van der Waals surface area contributed by atoms with Crippen LogP contribution in [-0.4, -0.2) is 42.2 Å². The minimum atomic E-state index is -4.63. The molecule has 4 aromatic rings. The minimum Gasteiger partial charge on any atom is -0.467 e. The molecule has 0 aliphatic heterocycles. The zero-order valence-electron chi connectivity index (χ0n) is 23.5. The second kappa shape index (κ2) is 12.7. The maximum Gasteiger partial charge on any atom is 0.408 e. The number of alkyl halides is 3. The zero-order valence-corrected chi connectivity index (χ0v) is 24.3. The van der Waals surface area contributed by atoms with E-state index in [-0.39, 0.29) is 6.42 Å². The highest BCUT2D eigenvalue weighted by Gasteiger charge is 2.49. The molecule has 3 aromatic carbocycles. The van der Waals surface area contributed by atoms with Gasteiger partial charge in [-0.1, -0.05) is 35.9 Å². The lowest BCUT2D eigenvalue weighted by molar-refractivity contribution is -0.146. The summed E-state index contributed by atoms with van der Waals surface area (Å²) in [6.07, 6.45) is -2.59. The predicted molar refractivity (Wildman–Crippen MR) is 156 cm³/mol. The second-order valence-electron chi connectivity index (χ2n) is 10.5. The molecule has 232 valence electrons. The third-order valence-electron chi connectivity index (χ3n) is 7.50. The first-order chi connectivity index (χ1) is 21.4. The summed E-state index contributed by atoms with van der Waals surface area (Å²) in [5.41, 5.74) is 1.10. The molecule has 5 rings (SSSR count). The number of carbonyl (C=O) groups excluding carboxylic acids is 2. The first-order valence-corrected chi connectivity index (χ1v) is 14.1. The van der Waals surface area contributed by atoms with Gasteiger partial charge in [-0.15, -0.1) is 0 Å². The second-order valence-corrected chi connectivity index (χ2v) is 11.0. The Kier molecular flexibility index (Phi) is 8.93. The number of fused-ring (bicyclic) bond motifs is 1. The molecule has 1 heterocycles. The molecule has 0 spiro atoms. The minimum absolute atomic E-state index is 0.167. The van der Waals surface area contributed by atoms with Crippen LogP contribution >= 0.6 is 11.6 Å². The Morgan fingerprint density at radius 3 is 2.38 bits per heavy atom. The zero-order chi connectivity index (χ0) is 32.5. The third-order valence-corrected chi connectivity index (χ3v) is 7.81. The van der Waals surface area contributed by atoms with Crippen molar-refractivity contribution in [3.8, 4) is 17.2 Å². The number of hydrogen-bond donors (Lipinski definition) is 2. The van der Waals surface area contributed by atoms with Crippen molar-refractivity contribution in [1.29, 1.82) is 5.26 Å². The summed E-state index contributed by atoms with van der Waals surface area (Å²) in [7, 11) is 1.08. The molecule has 1 amide bonds. The van der Waals surface area contributed by atoms with Gasteiger partial charge in [0.05, 0.1) is 24.3 Å². The standard InChI is InChI=1S/C32H24ClF5N4O3/c1-45-31(44)26(42-30(43)27-24(34)13-19(14-25(27)35)41-29(17-5-6-17)32(36,37)38)12-18-7-9-22(28-20(18)3-2-10-40-28)21-8-4-16(15-39)11-23(21)33/h2-4,7-11,13-14,17,26,29,41H,5-6,12H2,1H3,(H,42,43)/t26-,29?/m0/s1. The van der Waals surface area contributed by atoms with Crippen LogP contribution in [0.4, 0.5) is 27.6 Å². The fourth-order valence-electron chi connectivity index (χ4n) is 5.17. The van der Waals surface area contributed by atoms with E-state index in [1.54, 1.807) is 42.6 Å². The van der Waals surface area contributed by atoms with Crippen LogP contribution in [0.25, 0.3) is 22.0 Å². The van der Waals surface area contributed by atoms with E-state index in [9.17, 15) is 22.8 Å². The fourth-order valence-corrected chi connectivity index (χ4v) is 5.45. The van der Waals surface area contributed by atoms with Gasteiger partial charge in [0.25, 0.3) is 5.91 Å². The highest BCUT2D eigenvalue weighted by molar-refractivity contribution is 6.33. The molecule has 2 atom stereocenters. The number of nitrogens with zero attached hydrogens (tertiary/aromatic N) is 2. The van der Waals surface area contributed by atoms with Gasteiger partial charge < -0.3 is 15.4 Å². The predicted octanol–water partition coefficient (Wildman–Crippen LogP) is 6.97. The Hall–Kier alpha value is -4.76. The van der Waals surface area contributed by atoms with Crippen LogP contribution < -0.4 is 10.6 Å². The summed E-state index contributed by atoms with van der Waals surface area (Å²) < 4.78 is 75.1. The Balaban J connectivity index is 1.42. The van der Waals surface area contributed by atoms with E-state index in [0.29, 0.717) is 63.2 Å². The van der Waals surface area contributed by atoms with Gasteiger partial charge in [-0.2, -0.15) is 18.4 Å². The molecular formula is C32H24ClF5N4O3. The number of methoxy groups -OCH3 is 1. The molecule has 7 nitrogen and oxygen atoms in total. The summed E-state index contributed by atoms with van der Waals surface area (Å²) >= 11 is 6.44. The molecule has 0 saturated heterocycles. The molecule has 1 aliphatic carbocycles. The van der Waals surface area contributed by atoms with Gasteiger partial charge in [0.2, 0.25) is 0 Å². The number of nitrogens with one attached hydrogen (secondary N) is 2. The van der Waals surface area contributed by atoms with Crippen LogP contribution in [-0.2, 0) is 16.0 Å². The number of pyridine rings is 1. The van der Waals surface area contributed by atoms with Gasteiger partial charge in [-0.3, -0.25) is 9.78 Å². The number of benzene rings is 3. The maximum absolute atomic E-state index is 15.0. The topological polar surface area (TPSA) is 104 Å². The Morgan fingerprint density at radius 2 is 1.78 bits per heavy atom. The lowest BCUT2D eigenvalue weighted by Crippen LogP contribution is -2.43. The van der Waals surface area contributed by atoms with E-state index in [4.69, 9.17) is 21.6 Å². The highest BCUT2D eigenvalue weighted by atomic mass is 35.5. The SMILES string of the molecule is COC(=O)[C@H](Cc1ccc(-c2ccc(C#N)cc2Cl)c2ncccc12)NC(=O)c1c(F)cc(NC(C2CC2)C(F)(F)F)cc1F. The third kappa shape index (κ3) is 6.83. The van der Waals surface area contributed by atoms with Gasteiger partial charge in [0.1, 0.15) is 29.3 Å². The van der Waals surface area contributed by atoms with Gasteiger partial charge in [-0.05, 0) is 54.7 Å². The number of hydrogen-bond acceptors (Lipinski definition) is 6. The lowest BCUT2D eigenvalue weighted by Gasteiger charge is -2.23. The fraction of sp³-hybridized carbons (Fsp3) is 0.250. The summed E-state index contributed by atoms with van der Waals surface area (Å²) in [5.74, 6) is -5.73. The van der Waals surface area contributed by atoms with Crippen molar-refractivity contribution < 1.29 is 36.3 Å². The van der Waals surface area contributed by atoms with E-state index in [2.05, 4.69) is 15.6 Å². The van der Waals surface area contributed by atoms with Gasteiger partial charge in [-0.25, -0.2) is 13.6 Å². The van der Waals surface area contributed by atoms with E-state index in [1.165, 1.54) is 6.07 Å². The summed E-state index contributed by atoms with van der Waals surface area (Å²) in [6, 6.07) is 11.4. The molecule has 13 heteroatoms. The number of esters is 1. The molecule has 1 saturated carbocycles. The Morgan fingerprint density at radius 1 is 1.09 bits per heavy atom. The Labute approximate surface area is 259 Å².